The quantitative estimate of drug-likeness (QED) is 0.808. The van der Waals surface area contributed by atoms with Crippen LogP contribution >= 0.6 is 0 Å². The van der Waals surface area contributed by atoms with Gasteiger partial charge in [0.05, 0.1) is 0 Å². The van der Waals surface area contributed by atoms with Crippen LogP contribution < -0.4 is 16.1 Å². The minimum Gasteiger partial charge on any atom is -0.325 e. The van der Waals surface area contributed by atoms with E-state index in [9.17, 15) is 0 Å². The van der Waals surface area contributed by atoms with Crippen LogP contribution in [0.5, 0.6) is 0 Å². The summed E-state index contributed by atoms with van der Waals surface area (Å²) in [6.07, 6.45) is 2.19. The Bertz CT molecular complexity index is 508. The van der Waals surface area contributed by atoms with Crippen molar-refractivity contribution in [3.8, 4) is 0 Å². The summed E-state index contributed by atoms with van der Waals surface area (Å²) < 4.78 is 0. The highest BCUT2D eigenvalue weighted by Crippen LogP contribution is 2.21. The van der Waals surface area contributed by atoms with E-state index in [2.05, 4.69) is 72.4 Å². The van der Waals surface area contributed by atoms with Crippen molar-refractivity contribution in [2.75, 3.05) is 0 Å². The van der Waals surface area contributed by atoms with Crippen LogP contribution in [0.25, 0.3) is 0 Å². The van der Waals surface area contributed by atoms with Gasteiger partial charge in [-0.25, -0.2) is 0 Å². The molecule has 0 saturated carbocycles. The fraction of sp³-hybridized carbons (Fsp3) is 0.125. The number of hydrogen-bond donors (Lipinski definition) is 1. The highest BCUT2D eigenvalue weighted by atomic mass is 28.3. The van der Waals surface area contributed by atoms with Crippen molar-refractivity contribution in [2.45, 2.75) is 12.1 Å². The minimum atomic E-state index is -1.75. The van der Waals surface area contributed by atoms with Gasteiger partial charge in [0.1, 0.15) is 8.07 Å². The molecule has 2 aromatic carbocycles. The van der Waals surface area contributed by atoms with E-state index in [4.69, 9.17) is 5.73 Å². The molecule has 1 aliphatic heterocycles. The van der Waals surface area contributed by atoms with E-state index in [1.807, 2.05) is 0 Å². The zero-order valence-corrected chi connectivity index (χ0v) is 11.3. The van der Waals surface area contributed by atoms with Crippen LogP contribution in [0.3, 0.4) is 0 Å². The summed E-state index contributed by atoms with van der Waals surface area (Å²) in [7, 11) is -1.75. The molecule has 0 radical (unpaired) electrons. The lowest BCUT2D eigenvalue weighted by molar-refractivity contribution is 0.930. The summed E-state index contributed by atoms with van der Waals surface area (Å²) in [4.78, 5) is 0. The summed E-state index contributed by atoms with van der Waals surface area (Å²) in [5, 5.41) is 2.92. The summed E-state index contributed by atoms with van der Waals surface area (Å²) in [5.74, 6) is 0. The van der Waals surface area contributed by atoms with Crippen LogP contribution in [0.4, 0.5) is 0 Å². The summed E-state index contributed by atoms with van der Waals surface area (Å²) >= 11 is 0. The van der Waals surface area contributed by atoms with Gasteiger partial charge in [-0.05, 0) is 16.4 Å². The van der Waals surface area contributed by atoms with E-state index in [1.165, 1.54) is 10.4 Å². The van der Waals surface area contributed by atoms with Crippen LogP contribution in [0.1, 0.15) is 0 Å². The maximum atomic E-state index is 6.13. The van der Waals surface area contributed by atoms with E-state index in [0.717, 1.165) is 6.04 Å². The second-order valence-corrected chi connectivity index (χ2v) is 8.77. The first-order valence-corrected chi connectivity index (χ1v) is 8.66. The zero-order valence-electron chi connectivity index (χ0n) is 10.3. The van der Waals surface area contributed by atoms with Crippen molar-refractivity contribution in [1.29, 1.82) is 0 Å². The maximum absolute atomic E-state index is 6.13. The van der Waals surface area contributed by atoms with Crippen LogP contribution in [0.15, 0.2) is 72.4 Å². The molecule has 1 aliphatic rings. The number of benzene rings is 2. The molecule has 2 N–H and O–H groups in total. The Balaban J connectivity index is 2.15. The van der Waals surface area contributed by atoms with Crippen molar-refractivity contribution >= 4 is 18.4 Å². The van der Waals surface area contributed by atoms with E-state index in [-0.39, 0.29) is 6.04 Å². The van der Waals surface area contributed by atoms with E-state index in [0.29, 0.717) is 0 Å². The molecule has 2 aromatic rings. The molecule has 0 spiro atoms. The normalized spacial score (nSPS) is 21.1. The lowest BCUT2D eigenvalue weighted by atomic mass is 10.4. The van der Waals surface area contributed by atoms with E-state index < -0.39 is 8.07 Å². The molecule has 0 bridgehead atoms. The molecule has 2 heteroatoms. The highest BCUT2D eigenvalue weighted by molar-refractivity contribution is 7.06. The van der Waals surface area contributed by atoms with Crippen molar-refractivity contribution in [3.63, 3.8) is 0 Å². The molecule has 1 nitrogen and oxygen atoms in total. The maximum Gasteiger partial charge on any atom is 0.142 e. The third kappa shape index (κ3) is 1.84. The molecule has 18 heavy (non-hydrogen) atoms. The molecule has 0 aromatic heterocycles. The summed E-state index contributed by atoms with van der Waals surface area (Å²) in [5.41, 5.74) is 8.54. The topological polar surface area (TPSA) is 26.0 Å². The van der Waals surface area contributed by atoms with Crippen molar-refractivity contribution < 1.29 is 0 Å². The Kier molecular flexibility index (Phi) is 2.90. The van der Waals surface area contributed by atoms with Crippen molar-refractivity contribution in [1.82, 2.24) is 0 Å². The van der Waals surface area contributed by atoms with Gasteiger partial charge in [-0.1, -0.05) is 72.4 Å². The third-order valence-corrected chi connectivity index (χ3v) is 8.37. The molecular formula is C16H17NSi. The first-order chi connectivity index (χ1) is 8.81. The molecule has 3 rings (SSSR count). The van der Waals surface area contributed by atoms with Gasteiger partial charge in [-0.2, -0.15) is 0 Å². The van der Waals surface area contributed by atoms with Gasteiger partial charge in [0, 0.05) is 6.04 Å². The third-order valence-electron chi connectivity index (χ3n) is 3.76. The average Bonchev–Trinajstić information content (AvgIpc) is 2.84. The van der Waals surface area contributed by atoms with Crippen molar-refractivity contribution in [2.24, 2.45) is 5.73 Å². The monoisotopic (exact) mass is 251 g/mol. The minimum absolute atomic E-state index is 0.206. The van der Waals surface area contributed by atoms with Crippen LogP contribution in [0.2, 0.25) is 6.04 Å². The molecule has 90 valence electrons. The average molecular weight is 251 g/mol. The summed E-state index contributed by atoms with van der Waals surface area (Å²) in [6.45, 7) is 0. The molecule has 0 amide bonds. The van der Waals surface area contributed by atoms with Gasteiger partial charge < -0.3 is 5.73 Å². The molecule has 0 aliphatic carbocycles. The van der Waals surface area contributed by atoms with Gasteiger partial charge >= 0.3 is 0 Å². The van der Waals surface area contributed by atoms with E-state index >= 15 is 0 Å². The summed E-state index contributed by atoms with van der Waals surface area (Å²) in [6, 6.07) is 23.0. The molecular weight excluding hydrogens is 234 g/mol. The Morgan fingerprint density at radius 3 is 1.72 bits per heavy atom. The van der Waals surface area contributed by atoms with Gasteiger partial charge in [0.15, 0.2) is 0 Å². The second-order valence-electron chi connectivity index (χ2n) is 4.93. The highest BCUT2D eigenvalue weighted by Gasteiger charge is 2.39. The van der Waals surface area contributed by atoms with Crippen LogP contribution in [-0.4, -0.2) is 14.1 Å². The van der Waals surface area contributed by atoms with Crippen LogP contribution in [-0.2, 0) is 0 Å². The Morgan fingerprint density at radius 1 is 0.833 bits per heavy atom. The first-order valence-electron chi connectivity index (χ1n) is 6.37. The van der Waals surface area contributed by atoms with Gasteiger partial charge in [0.2, 0.25) is 0 Å². The lowest BCUT2D eigenvalue weighted by Crippen LogP contribution is -2.56. The van der Waals surface area contributed by atoms with Gasteiger partial charge in [-0.3, -0.25) is 0 Å². The molecule has 1 atom stereocenters. The Labute approximate surface area is 109 Å². The largest absolute Gasteiger partial charge is 0.325 e. The SMILES string of the molecule is NC1C=C[Si](c2ccccc2)(c2ccccc2)C1. The first kappa shape index (κ1) is 11.4. The molecule has 1 unspecified atom stereocenters. The Morgan fingerprint density at radius 2 is 1.33 bits per heavy atom. The molecule has 1 heterocycles. The van der Waals surface area contributed by atoms with Gasteiger partial charge in [-0.15, -0.1) is 0 Å². The Hall–Kier alpha value is -1.64. The standard InChI is InChI=1S/C16H17NSi/c17-14-11-12-18(13-14,15-7-3-1-4-8-15)16-9-5-2-6-10-16/h1-12,14H,13,17H2. The van der Waals surface area contributed by atoms with Crippen LogP contribution in [0, 0.1) is 0 Å². The second kappa shape index (κ2) is 4.56. The van der Waals surface area contributed by atoms with E-state index in [1.54, 1.807) is 0 Å². The number of nitrogens with two attached hydrogens (primary N) is 1. The number of rotatable bonds is 2. The van der Waals surface area contributed by atoms with Crippen molar-refractivity contribution in [3.05, 3.63) is 72.4 Å². The number of hydrogen-bond acceptors (Lipinski definition) is 1. The predicted molar refractivity (Wildman–Crippen MR) is 79.8 cm³/mol. The van der Waals surface area contributed by atoms with Gasteiger partial charge in [0.25, 0.3) is 0 Å². The lowest BCUT2D eigenvalue weighted by Gasteiger charge is -2.27. The fourth-order valence-corrected chi connectivity index (χ4v) is 7.22. The predicted octanol–water partition coefficient (Wildman–Crippen LogP) is 1.69. The molecule has 0 saturated heterocycles. The zero-order chi connectivity index (χ0) is 12.4. The fourth-order valence-electron chi connectivity index (χ4n) is 2.86. The smallest absolute Gasteiger partial charge is 0.142 e. The molecule has 0 fully saturated rings.